The van der Waals surface area contributed by atoms with Gasteiger partial charge in [0.1, 0.15) is 12.7 Å². The molecule has 0 saturated carbocycles. The number of aliphatic hydroxyl groups is 2. The van der Waals surface area contributed by atoms with Gasteiger partial charge in [0.25, 0.3) is 0 Å². The fraction of sp³-hybridized carbons (Fsp3) is 0.762. The number of ether oxygens (including phenoxy) is 3. The normalized spacial score (nSPS) is 18.2. The van der Waals surface area contributed by atoms with Crippen LogP contribution in [-0.2, 0) is 37.4 Å². The first kappa shape index (κ1) is 49.9. The molecule has 0 aromatic rings. The predicted molar refractivity (Wildman–Crippen MR) is 214 cm³/mol. The van der Waals surface area contributed by atoms with Gasteiger partial charge in [-0.15, -0.1) is 0 Å². The summed E-state index contributed by atoms with van der Waals surface area (Å²) in [7, 11) is -4.63. The van der Waals surface area contributed by atoms with Crippen molar-refractivity contribution in [3.8, 4) is 0 Å². The molecule has 0 aromatic carbocycles. The second-order valence-electron chi connectivity index (χ2n) is 14.0. The molecule has 12 heteroatoms. The maximum atomic E-state index is 12.6. The predicted octanol–water partition coefficient (Wildman–Crippen LogP) is 9.54. The van der Waals surface area contributed by atoms with Gasteiger partial charge in [0.05, 0.1) is 32.0 Å². The van der Waals surface area contributed by atoms with Crippen LogP contribution in [0.15, 0.2) is 48.6 Å². The Labute approximate surface area is 326 Å². The third-order valence-electron chi connectivity index (χ3n) is 8.88. The zero-order valence-corrected chi connectivity index (χ0v) is 34.3. The highest BCUT2D eigenvalue weighted by Gasteiger charge is 2.36. The molecule has 1 fully saturated rings. The summed E-state index contributed by atoms with van der Waals surface area (Å²) < 4.78 is 38.3. The molecule has 1 aliphatic rings. The van der Waals surface area contributed by atoms with E-state index in [0.29, 0.717) is 31.5 Å². The quantitative estimate of drug-likeness (QED) is 0.0181. The van der Waals surface area contributed by atoms with Gasteiger partial charge in [-0.3, -0.25) is 18.6 Å². The summed E-state index contributed by atoms with van der Waals surface area (Å²) >= 11 is 0. The van der Waals surface area contributed by atoms with E-state index in [-0.39, 0.29) is 19.4 Å². The summed E-state index contributed by atoms with van der Waals surface area (Å²) in [5.41, 5.74) is 0. The Hall–Kier alpha value is -2.11. The SMILES string of the molecule is CCCCCC/C=C\CCCCCCCC(=O)O[C@H](COC(=O)CCC/C=C\C/C=C\C/C=C\CC1OC1CCCCC)COP(=O)(O)OC[C@@H](O)CO. The molecule has 1 saturated heterocycles. The Morgan fingerprint density at radius 2 is 1.22 bits per heavy atom. The number of rotatable bonds is 37. The lowest BCUT2D eigenvalue weighted by Gasteiger charge is -2.20. The van der Waals surface area contributed by atoms with Gasteiger partial charge in [0.2, 0.25) is 0 Å². The minimum absolute atomic E-state index is 0.159. The maximum Gasteiger partial charge on any atom is 0.472 e. The Morgan fingerprint density at radius 3 is 1.93 bits per heavy atom. The molecule has 11 nitrogen and oxygen atoms in total. The van der Waals surface area contributed by atoms with Crippen LogP contribution in [0.4, 0.5) is 0 Å². The number of aliphatic hydroxyl groups excluding tert-OH is 2. The van der Waals surface area contributed by atoms with Crippen molar-refractivity contribution < 1.29 is 52.5 Å². The van der Waals surface area contributed by atoms with Crippen molar-refractivity contribution in [2.24, 2.45) is 0 Å². The molecule has 312 valence electrons. The van der Waals surface area contributed by atoms with Crippen LogP contribution in [0.1, 0.15) is 155 Å². The molecular formula is C42H73O11P. The van der Waals surface area contributed by atoms with E-state index in [1.807, 2.05) is 6.08 Å². The maximum absolute atomic E-state index is 12.6. The largest absolute Gasteiger partial charge is 0.472 e. The summed E-state index contributed by atoms with van der Waals surface area (Å²) in [5, 5.41) is 18.3. The van der Waals surface area contributed by atoms with E-state index in [9.17, 15) is 24.2 Å². The van der Waals surface area contributed by atoms with Crippen molar-refractivity contribution in [2.45, 2.75) is 180 Å². The number of epoxide rings is 1. The van der Waals surface area contributed by atoms with Crippen LogP contribution < -0.4 is 0 Å². The third-order valence-corrected chi connectivity index (χ3v) is 9.83. The number of phosphoric acid groups is 1. The third kappa shape index (κ3) is 31.1. The van der Waals surface area contributed by atoms with E-state index in [0.717, 1.165) is 57.8 Å². The van der Waals surface area contributed by atoms with Crippen LogP contribution in [0.5, 0.6) is 0 Å². The molecule has 54 heavy (non-hydrogen) atoms. The van der Waals surface area contributed by atoms with E-state index in [4.69, 9.17) is 23.8 Å². The van der Waals surface area contributed by atoms with Crippen LogP contribution in [0.25, 0.3) is 0 Å². The van der Waals surface area contributed by atoms with Gasteiger partial charge in [-0.2, -0.15) is 0 Å². The van der Waals surface area contributed by atoms with Crippen molar-refractivity contribution in [3.05, 3.63) is 48.6 Å². The molecule has 0 amide bonds. The van der Waals surface area contributed by atoms with Gasteiger partial charge in [-0.25, -0.2) is 4.57 Å². The number of unbranched alkanes of at least 4 members (excludes halogenated alkanes) is 12. The highest BCUT2D eigenvalue weighted by atomic mass is 31.2. The summed E-state index contributed by atoms with van der Waals surface area (Å²) in [6.07, 6.45) is 36.9. The van der Waals surface area contributed by atoms with E-state index < -0.39 is 51.8 Å². The van der Waals surface area contributed by atoms with Crippen molar-refractivity contribution in [3.63, 3.8) is 0 Å². The fourth-order valence-electron chi connectivity index (χ4n) is 5.54. The highest BCUT2D eigenvalue weighted by Crippen LogP contribution is 2.43. The number of carbonyl (C=O) groups is 2. The molecule has 0 aliphatic carbocycles. The van der Waals surface area contributed by atoms with Crippen molar-refractivity contribution >= 4 is 19.8 Å². The molecule has 3 N–H and O–H groups in total. The number of carbonyl (C=O) groups excluding carboxylic acids is 2. The standard InChI is InChI=1S/C42H73O11P/c1-3-5-7-8-9-10-11-12-13-18-21-24-28-32-42(46)52-38(36-51-54(47,48)50-34-37(44)33-43)35-49-41(45)31-27-23-20-17-15-14-16-19-22-26-30-40-39(53-40)29-25-6-4-2/h10-11,14,16-17,20,22,26,37-40,43-44H,3-9,12-13,15,18-19,21,23-25,27-36H2,1-2H3,(H,47,48)/b11-10-,16-14-,20-17-,26-22-/t37-,38+,39?,40?/m0/s1. The lowest BCUT2D eigenvalue weighted by molar-refractivity contribution is -0.161. The smallest absolute Gasteiger partial charge is 0.462 e. The molecule has 0 aromatic heterocycles. The van der Waals surface area contributed by atoms with Gasteiger partial charge in [-0.05, 0) is 70.6 Å². The average molecular weight is 785 g/mol. The second-order valence-corrected chi connectivity index (χ2v) is 15.5. The van der Waals surface area contributed by atoms with Gasteiger partial charge in [0.15, 0.2) is 6.10 Å². The van der Waals surface area contributed by atoms with E-state index in [2.05, 4.69) is 60.9 Å². The van der Waals surface area contributed by atoms with E-state index in [1.54, 1.807) is 0 Å². The first-order valence-corrected chi connectivity index (χ1v) is 22.2. The van der Waals surface area contributed by atoms with Crippen LogP contribution in [0.2, 0.25) is 0 Å². The molecule has 1 heterocycles. The van der Waals surface area contributed by atoms with Crippen molar-refractivity contribution in [2.75, 3.05) is 26.4 Å². The topological polar surface area (TPSA) is 161 Å². The molecule has 1 aliphatic heterocycles. The zero-order valence-electron chi connectivity index (χ0n) is 33.4. The Morgan fingerprint density at radius 1 is 0.667 bits per heavy atom. The zero-order chi connectivity index (χ0) is 39.5. The number of hydrogen-bond donors (Lipinski definition) is 3. The number of phosphoric ester groups is 1. The fourth-order valence-corrected chi connectivity index (χ4v) is 6.33. The molecule has 3 unspecified atom stereocenters. The van der Waals surface area contributed by atoms with Gasteiger partial charge in [-0.1, -0.05) is 120 Å². The molecule has 0 spiro atoms. The summed E-state index contributed by atoms with van der Waals surface area (Å²) in [4.78, 5) is 34.9. The Balaban J connectivity index is 2.31. The lowest BCUT2D eigenvalue weighted by atomic mass is 10.1. The summed E-state index contributed by atoms with van der Waals surface area (Å²) in [5.74, 6) is -1.01. The van der Waals surface area contributed by atoms with Crippen LogP contribution in [0.3, 0.4) is 0 Å². The van der Waals surface area contributed by atoms with Gasteiger partial charge in [0, 0.05) is 12.8 Å². The molecule has 5 atom stereocenters. The Bertz CT molecular complexity index is 1110. The molecule has 0 bridgehead atoms. The second kappa shape index (κ2) is 34.2. The Kier molecular flexibility index (Phi) is 31.6. The first-order valence-electron chi connectivity index (χ1n) is 20.7. The molecular weight excluding hydrogens is 711 g/mol. The summed E-state index contributed by atoms with van der Waals surface area (Å²) in [6, 6.07) is 0. The lowest BCUT2D eigenvalue weighted by Crippen LogP contribution is -2.29. The van der Waals surface area contributed by atoms with Crippen LogP contribution in [-0.4, -0.2) is 77.9 Å². The van der Waals surface area contributed by atoms with Crippen molar-refractivity contribution in [1.29, 1.82) is 0 Å². The number of allylic oxidation sites excluding steroid dienone is 7. The molecule has 1 rings (SSSR count). The minimum Gasteiger partial charge on any atom is -0.462 e. The van der Waals surface area contributed by atoms with Crippen LogP contribution >= 0.6 is 7.82 Å². The summed E-state index contributed by atoms with van der Waals surface area (Å²) in [6.45, 7) is 2.24. The highest BCUT2D eigenvalue weighted by molar-refractivity contribution is 7.47. The number of hydrogen-bond acceptors (Lipinski definition) is 10. The van der Waals surface area contributed by atoms with Gasteiger partial charge >= 0.3 is 19.8 Å². The van der Waals surface area contributed by atoms with E-state index in [1.165, 1.54) is 51.4 Å². The number of esters is 2. The van der Waals surface area contributed by atoms with Gasteiger partial charge < -0.3 is 29.3 Å². The van der Waals surface area contributed by atoms with Crippen molar-refractivity contribution in [1.82, 2.24) is 0 Å². The average Bonchev–Trinajstić information content (AvgIpc) is 3.91. The van der Waals surface area contributed by atoms with Crippen LogP contribution in [0, 0.1) is 0 Å². The minimum atomic E-state index is -4.63. The first-order chi connectivity index (χ1) is 26.2. The van der Waals surface area contributed by atoms with E-state index >= 15 is 0 Å². The monoisotopic (exact) mass is 784 g/mol. The molecule has 0 radical (unpaired) electrons.